The minimum atomic E-state index is -0.905. The summed E-state index contributed by atoms with van der Waals surface area (Å²) < 4.78 is 32.9. The molecule has 2 aliphatic heterocycles. The molecule has 5 N–H and O–H groups in total. The number of halogens is 2. The molecule has 0 spiro atoms. The lowest BCUT2D eigenvalue weighted by Gasteiger charge is -2.37. The molecule has 224 valence electrons. The zero-order valence-corrected chi connectivity index (χ0v) is 23.3. The van der Waals surface area contributed by atoms with Gasteiger partial charge in [-0.3, -0.25) is 9.89 Å². The average molecular weight is 591 g/mol. The van der Waals surface area contributed by atoms with Gasteiger partial charge in [0.25, 0.3) is 5.91 Å². The van der Waals surface area contributed by atoms with Crippen molar-refractivity contribution in [3.05, 3.63) is 82.9 Å². The molecule has 0 bridgehead atoms. The second-order valence-corrected chi connectivity index (χ2v) is 11.1. The number of likely N-dealkylation sites (tertiary alicyclic amines) is 1. The van der Waals surface area contributed by atoms with Crippen LogP contribution in [0.3, 0.4) is 0 Å². The van der Waals surface area contributed by atoms with Gasteiger partial charge in [-0.25, -0.2) is 13.6 Å². The standard InChI is InChI=1S/C31H32F2N6O4/c32-21-10-19(11-22(33)13-21)9-18-1-4-27-26(12-18)29(38-37-27)36-30(40)25-3-2-24(34-15-20-16-39(17-20)31(41)42)14-28(25)35-23-5-7-43-8-6-23/h1-4,10-14,20,23,34-35H,5-9,15-17H2,(H,41,42)(H2,36,37,38,40). The largest absolute Gasteiger partial charge is 0.465 e. The fraction of sp³-hybridized carbons (Fsp3) is 0.323. The summed E-state index contributed by atoms with van der Waals surface area (Å²) in [6.07, 6.45) is 1.03. The Kier molecular flexibility index (Phi) is 8.10. The number of carbonyl (C=O) groups excluding carboxylic acids is 1. The SMILES string of the molecule is O=C(Nc1n[nH]c2ccc(Cc3cc(F)cc(F)c3)cc12)c1ccc(NCC2CN(C(=O)O)C2)cc1NC1CCOCC1. The molecule has 0 radical (unpaired) electrons. The van der Waals surface area contributed by atoms with Gasteiger partial charge in [0.2, 0.25) is 0 Å². The maximum absolute atomic E-state index is 13.7. The molecule has 0 saturated carbocycles. The van der Waals surface area contributed by atoms with Crippen molar-refractivity contribution >= 4 is 40.1 Å². The molecule has 3 heterocycles. The highest BCUT2D eigenvalue weighted by atomic mass is 19.1. The van der Waals surface area contributed by atoms with E-state index in [0.717, 1.165) is 30.2 Å². The van der Waals surface area contributed by atoms with E-state index in [0.29, 0.717) is 72.8 Å². The topological polar surface area (TPSA) is 132 Å². The first-order chi connectivity index (χ1) is 20.8. The van der Waals surface area contributed by atoms with Crippen LogP contribution in [-0.4, -0.2) is 71.1 Å². The minimum Gasteiger partial charge on any atom is -0.465 e. The lowest BCUT2D eigenvalue weighted by molar-refractivity contribution is 0.0864. The molecule has 0 aliphatic carbocycles. The predicted molar refractivity (Wildman–Crippen MR) is 159 cm³/mol. The number of hydrogen-bond donors (Lipinski definition) is 5. The number of nitrogens with zero attached hydrogens (tertiary/aromatic N) is 2. The molecule has 10 nitrogen and oxygen atoms in total. The molecule has 3 aromatic carbocycles. The van der Waals surface area contributed by atoms with Crippen molar-refractivity contribution in [2.75, 3.05) is 48.8 Å². The molecule has 2 aliphatic rings. The van der Waals surface area contributed by atoms with Gasteiger partial charge in [-0.2, -0.15) is 5.10 Å². The first-order valence-corrected chi connectivity index (χ1v) is 14.2. The number of hydrogen-bond acceptors (Lipinski definition) is 6. The van der Waals surface area contributed by atoms with Gasteiger partial charge < -0.3 is 30.7 Å². The van der Waals surface area contributed by atoms with Crippen LogP contribution in [0.4, 0.5) is 30.8 Å². The first-order valence-electron chi connectivity index (χ1n) is 14.2. The van der Waals surface area contributed by atoms with E-state index in [4.69, 9.17) is 9.84 Å². The number of amides is 2. The van der Waals surface area contributed by atoms with E-state index in [-0.39, 0.29) is 17.9 Å². The number of carbonyl (C=O) groups is 2. The van der Waals surface area contributed by atoms with E-state index < -0.39 is 17.7 Å². The van der Waals surface area contributed by atoms with Gasteiger partial charge in [0.05, 0.1) is 11.1 Å². The van der Waals surface area contributed by atoms with Gasteiger partial charge in [0.1, 0.15) is 11.6 Å². The van der Waals surface area contributed by atoms with E-state index in [9.17, 15) is 18.4 Å². The number of aromatic amines is 1. The Balaban J connectivity index is 1.20. The number of anilines is 3. The number of ether oxygens (including phenoxy) is 1. The first kappa shape index (κ1) is 28.4. The Morgan fingerprint density at radius 3 is 2.51 bits per heavy atom. The number of H-pyrrole nitrogens is 1. The lowest BCUT2D eigenvalue weighted by Crippen LogP contribution is -2.51. The summed E-state index contributed by atoms with van der Waals surface area (Å²) in [5.74, 6) is -1.04. The fourth-order valence-corrected chi connectivity index (χ4v) is 5.54. The van der Waals surface area contributed by atoms with E-state index in [2.05, 4.69) is 26.1 Å². The van der Waals surface area contributed by atoms with Crippen molar-refractivity contribution in [3.8, 4) is 0 Å². The van der Waals surface area contributed by atoms with Crippen LogP contribution < -0.4 is 16.0 Å². The summed E-state index contributed by atoms with van der Waals surface area (Å²) in [4.78, 5) is 26.0. The summed E-state index contributed by atoms with van der Waals surface area (Å²) in [7, 11) is 0. The summed E-state index contributed by atoms with van der Waals surface area (Å²) >= 11 is 0. The normalized spacial score (nSPS) is 15.7. The van der Waals surface area contributed by atoms with Crippen LogP contribution in [0.5, 0.6) is 0 Å². The molecule has 2 saturated heterocycles. The number of benzene rings is 3. The summed E-state index contributed by atoms with van der Waals surface area (Å²) in [6, 6.07) is 14.6. The monoisotopic (exact) mass is 590 g/mol. The average Bonchev–Trinajstić information content (AvgIpc) is 3.34. The molecule has 1 aromatic heterocycles. The Bertz CT molecular complexity index is 1630. The van der Waals surface area contributed by atoms with Gasteiger partial charge in [-0.1, -0.05) is 6.07 Å². The van der Waals surface area contributed by atoms with Gasteiger partial charge >= 0.3 is 6.09 Å². The summed E-state index contributed by atoms with van der Waals surface area (Å²) in [5.41, 5.74) is 3.96. The van der Waals surface area contributed by atoms with E-state index >= 15 is 0 Å². The number of fused-ring (bicyclic) bond motifs is 1. The van der Waals surface area contributed by atoms with Gasteiger partial charge in [-0.15, -0.1) is 0 Å². The third-order valence-corrected chi connectivity index (χ3v) is 7.86. The third kappa shape index (κ3) is 6.69. The summed E-state index contributed by atoms with van der Waals surface area (Å²) in [5, 5.41) is 26.8. The highest BCUT2D eigenvalue weighted by molar-refractivity contribution is 6.11. The molecule has 4 aromatic rings. The zero-order chi connectivity index (χ0) is 29.9. The maximum Gasteiger partial charge on any atom is 0.407 e. The van der Waals surface area contributed by atoms with Crippen LogP contribution >= 0.6 is 0 Å². The van der Waals surface area contributed by atoms with Crippen molar-refractivity contribution in [1.29, 1.82) is 0 Å². The molecule has 12 heteroatoms. The van der Waals surface area contributed by atoms with Crippen molar-refractivity contribution < 1.29 is 28.2 Å². The second-order valence-electron chi connectivity index (χ2n) is 11.1. The van der Waals surface area contributed by atoms with Crippen LogP contribution in [0.1, 0.15) is 34.3 Å². The van der Waals surface area contributed by atoms with E-state index in [1.54, 1.807) is 6.07 Å². The van der Waals surface area contributed by atoms with Crippen molar-refractivity contribution in [2.24, 2.45) is 5.92 Å². The molecule has 0 atom stereocenters. The quantitative estimate of drug-likeness (QED) is 0.179. The molecule has 0 unspecified atom stereocenters. The molecule has 6 rings (SSSR count). The molecule has 43 heavy (non-hydrogen) atoms. The van der Waals surface area contributed by atoms with Crippen LogP contribution in [0, 0.1) is 17.6 Å². The van der Waals surface area contributed by atoms with Crippen LogP contribution in [0.25, 0.3) is 10.9 Å². The van der Waals surface area contributed by atoms with Crippen molar-refractivity contribution in [1.82, 2.24) is 15.1 Å². The van der Waals surface area contributed by atoms with E-state index in [1.807, 2.05) is 30.3 Å². The highest BCUT2D eigenvalue weighted by Crippen LogP contribution is 2.28. The van der Waals surface area contributed by atoms with Crippen molar-refractivity contribution in [3.63, 3.8) is 0 Å². The predicted octanol–water partition coefficient (Wildman–Crippen LogP) is 5.30. The van der Waals surface area contributed by atoms with Crippen LogP contribution in [0.2, 0.25) is 0 Å². The number of rotatable bonds is 9. The van der Waals surface area contributed by atoms with Gasteiger partial charge in [0.15, 0.2) is 5.82 Å². The number of aromatic nitrogens is 2. The fourth-order valence-electron chi connectivity index (χ4n) is 5.54. The molecule has 2 fully saturated rings. The zero-order valence-electron chi connectivity index (χ0n) is 23.3. The third-order valence-electron chi connectivity index (χ3n) is 7.86. The Morgan fingerprint density at radius 2 is 1.77 bits per heavy atom. The van der Waals surface area contributed by atoms with Crippen molar-refractivity contribution in [2.45, 2.75) is 25.3 Å². The van der Waals surface area contributed by atoms with Gasteiger partial charge in [0, 0.05) is 67.6 Å². The summed E-state index contributed by atoms with van der Waals surface area (Å²) in [6.45, 7) is 2.89. The Morgan fingerprint density at radius 1 is 1.00 bits per heavy atom. The smallest absolute Gasteiger partial charge is 0.407 e. The van der Waals surface area contributed by atoms with E-state index in [1.165, 1.54) is 17.0 Å². The lowest BCUT2D eigenvalue weighted by atomic mass is 10.0. The Labute approximate surface area is 246 Å². The molecular weight excluding hydrogens is 558 g/mol. The number of nitrogens with one attached hydrogen (secondary N) is 4. The van der Waals surface area contributed by atoms with Gasteiger partial charge in [-0.05, 0) is 72.9 Å². The number of carboxylic acid groups (broad SMARTS) is 1. The minimum absolute atomic E-state index is 0.146. The molecular formula is C31H32F2N6O4. The highest BCUT2D eigenvalue weighted by Gasteiger charge is 2.30. The molecule has 2 amide bonds. The van der Waals surface area contributed by atoms with Crippen LogP contribution in [-0.2, 0) is 11.2 Å². The maximum atomic E-state index is 13.7. The van der Waals surface area contributed by atoms with Crippen LogP contribution in [0.15, 0.2) is 54.6 Å². The Hall–Kier alpha value is -4.71. The second kappa shape index (κ2) is 12.3.